The van der Waals surface area contributed by atoms with Gasteiger partial charge < -0.3 is 5.73 Å². The lowest BCUT2D eigenvalue weighted by molar-refractivity contribution is 0.225. The molecule has 106 valence electrons. The van der Waals surface area contributed by atoms with E-state index in [2.05, 4.69) is 6.92 Å². The van der Waals surface area contributed by atoms with Gasteiger partial charge in [-0.1, -0.05) is 26.2 Å². The quantitative estimate of drug-likeness (QED) is 0.870. The van der Waals surface area contributed by atoms with Gasteiger partial charge in [0.05, 0.1) is 0 Å². The predicted octanol–water partition coefficient (Wildman–Crippen LogP) is 4.32. The van der Waals surface area contributed by atoms with Gasteiger partial charge in [-0.15, -0.1) is 0 Å². The van der Waals surface area contributed by atoms with Crippen molar-refractivity contribution >= 4 is 0 Å². The molecule has 0 radical (unpaired) electrons. The maximum Gasteiger partial charge on any atom is 0.133 e. The molecule has 2 rings (SSSR count). The highest BCUT2D eigenvalue weighted by molar-refractivity contribution is 5.24. The van der Waals surface area contributed by atoms with Crippen LogP contribution in [-0.2, 0) is 0 Å². The molecule has 0 aliphatic heterocycles. The second-order valence-electron chi connectivity index (χ2n) is 5.51. The van der Waals surface area contributed by atoms with Crippen LogP contribution in [0.2, 0.25) is 0 Å². The van der Waals surface area contributed by atoms with Crippen molar-refractivity contribution < 1.29 is 13.2 Å². The van der Waals surface area contributed by atoms with Crippen molar-refractivity contribution in [2.45, 2.75) is 45.1 Å². The van der Waals surface area contributed by atoms with Crippen LogP contribution in [0.25, 0.3) is 0 Å². The summed E-state index contributed by atoms with van der Waals surface area (Å²) < 4.78 is 40.4. The number of hydrogen-bond acceptors (Lipinski definition) is 1. The molecule has 1 aliphatic rings. The van der Waals surface area contributed by atoms with Crippen LogP contribution in [0.15, 0.2) is 12.1 Å². The molecule has 4 heteroatoms. The number of rotatable bonds is 3. The third-order valence-corrected chi connectivity index (χ3v) is 4.29. The highest BCUT2D eigenvalue weighted by atomic mass is 19.1. The molecule has 0 aromatic heterocycles. The molecule has 2 N–H and O–H groups in total. The van der Waals surface area contributed by atoms with E-state index in [0.29, 0.717) is 18.1 Å². The minimum absolute atomic E-state index is 0.0770. The van der Waals surface area contributed by atoms with Crippen LogP contribution in [-0.4, -0.2) is 0 Å². The summed E-state index contributed by atoms with van der Waals surface area (Å²) in [5, 5.41) is 0. The molecule has 0 heterocycles. The Morgan fingerprint density at radius 2 is 1.84 bits per heavy atom. The van der Waals surface area contributed by atoms with Crippen LogP contribution in [0, 0.1) is 29.3 Å². The summed E-state index contributed by atoms with van der Waals surface area (Å²) in [4.78, 5) is 0. The topological polar surface area (TPSA) is 26.0 Å². The van der Waals surface area contributed by atoms with Gasteiger partial charge in [-0.3, -0.25) is 0 Å². The highest BCUT2D eigenvalue weighted by Crippen LogP contribution is 2.38. The van der Waals surface area contributed by atoms with E-state index in [4.69, 9.17) is 5.73 Å². The van der Waals surface area contributed by atoms with Gasteiger partial charge in [0.25, 0.3) is 0 Å². The summed E-state index contributed by atoms with van der Waals surface area (Å²) >= 11 is 0. The second-order valence-corrected chi connectivity index (χ2v) is 5.51. The molecule has 1 aromatic rings. The van der Waals surface area contributed by atoms with Crippen LogP contribution >= 0.6 is 0 Å². The van der Waals surface area contributed by atoms with Crippen LogP contribution in [0.5, 0.6) is 0 Å². The Hall–Kier alpha value is -1.03. The standard InChI is InChI=1S/C15H20F3N/c1-2-9-4-3-5-10(6-9)15(19)14-12(17)7-11(16)8-13(14)18/h7-10,15H,2-6,19H2,1H3. The Kier molecular flexibility index (Phi) is 4.50. The monoisotopic (exact) mass is 271 g/mol. The summed E-state index contributed by atoms with van der Waals surface area (Å²) in [7, 11) is 0. The van der Waals surface area contributed by atoms with E-state index in [1.54, 1.807) is 0 Å². The summed E-state index contributed by atoms with van der Waals surface area (Å²) in [6.07, 6.45) is 5.05. The van der Waals surface area contributed by atoms with Crippen LogP contribution in [0.1, 0.15) is 50.6 Å². The zero-order valence-corrected chi connectivity index (χ0v) is 11.1. The van der Waals surface area contributed by atoms with Gasteiger partial charge in [-0.05, 0) is 24.7 Å². The van der Waals surface area contributed by atoms with Crippen LogP contribution in [0.4, 0.5) is 13.2 Å². The fraction of sp³-hybridized carbons (Fsp3) is 0.600. The average Bonchev–Trinajstić information content (AvgIpc) is 2.37. The van der Waals surface area contributed by atoms with E-state index >= 15 is 0 Å². The first-order chi connectivity index (χ1) is 9.02. The fourth-order valence-corrected chi connectivity index (χ4v) is 3.14. The van der Waals surface area contributed by atoms with Gasteiger partial charge in [0.2, 0.25) is 0 Å². The first-order valence-electron chi connectivity index (χ1n) is 6.93. The number of halogens is 3. The predicted molar refractivity (Wildman–Crippen MR) is 69.0 cm³/mol. The van der Waals surface area contributed by atoms with Gasteiger partial charge in [0.15, 0.2) is 0 Å². The van der Waals surface area contributed by atoms with Gasteiger partial charge in [0.1, 0.15) is 17.5 Å². The Morgan fingerprint density at radius 1 is 1.21 bits per heavy atom. The lowest BCUT2D eigenvalue weighted by atomic mass is 9.75. The van der Waals surface area contributed by atoms with E-state index in [-0.39, 0.29) is 11.5 Å². The third-order valence-electron chi connectivity index (χ3n) is 4.29. The average molecular weight is 271 g/mol. The molecule has 0 saturated heterocycles. The molecule has 1 fully saturated rings. The molecule has 1 aromatic carbocycles. The molecular weight excluding hydrogens is 251 g/mol. The van der Waals surface area contributed by atoms with E-state index < -0.39 is 23.5 Å². The lowest BCUT2D eigenvalue weighted by Crippen LogP contribution is -2.28. The first-order valence-corrected chi connectivity index (χ1v) is 6.93. The van der Waals surface area contributed by atoms with Crippen LogP contribution < -0.4 is 5.73 Å². The van der Waals surface area contributed by atoms with Gasteiger partial charge in [-0.2, -0.15) is 0 Å². The molecule has 0 spiro atoms. The Bertz CT molecular complexity index is 424. The molecule has 3 unspecified atom stereocenters. The molecule has 1 saturated carbocycles. The third kappa shape index (κ3) is 3.11. The molecule has 19 heavy (non-hydrogen) atoms. The van der Waals surface area contributed by atoms with E-state index in [1.807, 2.05) is 0 Å². The van der Waals surface area contributed by atoms with Crippen molar-refractivity contribution in [3.63, 3.8) is 0 Å². The van der Waals surface area contributed by atoms with Crippen molar-refractivity contribution in [3.05, 3.63) is 35.1 Å². The molecule has 0 bridgehead atoms. The number of hydrogen-bond donors (Lipinski definition) is 1. The molecule has 3 atom stereocenters. The molecule has 1 aliphatic carbocycles. The summed E-state index contributed by atoms with van der Waals surface area (Å²) in [6.45, 7) is 2.12. The zero-order valence-electron chi connectivity index (χ0n) is 11.1. The maximum absolute atomic E-state index is 13.7. The zero-order chi connectivity index (χ0) is 14.0. The van der Waals surface area contributed by atoms with Crippen molar-refractivity contribution in [2.24, 2.45) is 17.6 Å². The van der Waals surface area contributed by atoms with E-state index in [9.17, 15) is 13.2 Å². The largest absolute Gasteiger partial charge is 0.324 e. The smallest absolute Gasteiger partial charge is 0.133 e. The van der Waals surface area contributed by atoms with Crippen molar-refractivity contribution in [3.8, 4) is 0 Å². The van der Waals surface area contributed by atoms with Crippen molar-refractivity contribution in [1.29, 1.82) is 0 Å². The minimum atomic E-state index is -0.902. The Labute approximate surface area is 112 Å². The number of nitrogens with two attached hydrogens (primary N) is 1. The summed E-state index contributed by atoms with van der Waals surface area (Å²) in [6, 6.07) is 0.728. The van der Waals surface area contributed by atoms with Gasteiger partial charge in [0, 0.05) is 23.7 Å². The van der Waals surface area contributed by atoms with Crippen molar-refractivity contribution in [2.75, 3.05) is 0 Å². The van der Waals surface area contributed by atoms with E-state index in [0.717, 1.165) is 32.1 Å². The van der Waals surface area contributed by atoms with E-state index in [1.165, 1.54) is 0 Å². The molecule has 1 nitrogen and oxygen atoms in total. The second kappa shape index (κ2) is 5.95. The lowest BCUT2D eigenvalue weighted by Gasteiger charge is -2.32. The molecule has 0 amide bonds. The van der Waals surface area contributed by atoms with Crippen LogP contribution in [0.3, 0.4) is 0 Å². The fourth-order valence-electron chi connectivity index (χ4n) is 3.14. The van der Waals surface area contributed by atoms with Gasteiger partial charge in [-0.25, -0.2) is 13.2 Å². The SMILES string of the molecule is CCC1CCCC(C(N)c2c(F)cc(F)cc2F)C1. The normalized spacial score (nSPS) is 25.3. The Balaban J connectivity index is 2.21. The maximum atomic E-state index is 13.7. The summed E-state index contributed by atoms with van der Waals surface area (Å²) in [5.41, 5.74) is 5.87. The van der Waals surface area contributed by atoms with Gasteiger partial charge >= 0.3 is 0 Å². The number of benzene rings is 1. The first kappa shape index (κ1) is 14.4. The Morgan fingerprint density at radius 3 is 2.42 bits per heavy atom. The minimum Gasteiger partial charge on any atom is -0.324 e. The molecular formula is C15H20F3N. The highest BCUT2D eigenvalue weighted by Gasteiger charge is 2.30. The summed E-state index contributed by atoms with van der Waals surface area (Å²) in [5.74, 6) is -1.99. The van der Waals surface area contributed by atoms with Crippen molar-refractivity contribution in [1.82, 2.24) is 0 Å².